The van der Waals surface area contributed by atoms with Crippen molar-refractivity contribution >= 4 is 21.8 Å². The molecule has 1 aromatic heterocycles. The third kappa shape index (κ3) is 3.20. The normalized spacial score (nSPS) is 15.3. The van der Waals surface area contributed by atoms with Gasteiger partial charge in [0.1, 0.15) is 0 Å². The van der Waals surface area contributed by atoms with Crippen molar-refractivity contribution < 1.29 is 0 Å². The summed E-state index contributed by atoms with van der Waals surface area (Å²) in [6.45, 7) is 9.49. The maximum Gasteiger partial charge on any atom is 0.0973 e. The van der Waals surface area contributed by atoms with Gasteiger partial charge in [-0.25, -0.2) is 9.97 Å². The summed E-state index contributed by atoms with van der Waals surface area (Å²) in [5.74, 6) is 0. The van der Waals surface area contributed by atoms with E-state index in [-0.39, 0.29) is 10.8 Å². The first kappa shape index (κ1) is 22.9. The van der Waals surface area contributed by atoms with Crippen molar-refractivity contribution in [1.29, 1.82) is 0 Å². The Morgan fingerprint density at radius 2 is 1.16 bits per heavy atom. The third-order valence-electron chi connectivity index (χ3n) is 9.03. The molecule has 38 heavy (non-hydrogen) atoms. The molecule has 0 unspecified atom stereocenters. The van der Waals surface area contributed by atoms with Gasteiger partial charge in [-0.1, -0.05) is 125 Å². The Kier molecular flexibility index (Phi) is 4.87. The Labute approximate surface area is 224 Å². The molecular weight excluding hydrogens is 460 g/mol. The zero-order valence-electron chi connectivity index (χ0n) is 22.3. The van der Waals surface area contributed by atoms with Crippen molar-refractivity contribution in [2.24, 2.45) is 0 Å². The van der Waals surface area contributed by atoms with E-state index in [0.717, 1.165) is 38.9 Å². The molecule has 0 spiro atoms. The molecule has 0 fully saturated rings. The van der Waals surface area contributed by atoms with Gasteiger partial charge in [0.2, 0.25) is 0 Å². The molecule has 2 nitrogen and oxygen atoms in total. The summed E-state index contributed by atoms with van der Waals surface area (Å²) in [7, 11) is 0. The molecule has 184 valence electrons. The fraction of sp³-hybridized carbons (Fsp3) is 0.167. The van der Waals surface area contributed by atoms with Crippen LogP contribution in [0.1, 0.15) is 38.8 Å². The van der Waals surface area contributed by atoms with Crippen LogP contribution < -0.4 is 0 Å². The summed E-state index contributed by atoms with van der Waals surface area (Å²) in [5.41, 5.74) is 11.2. The van der Waals surface area contributed by atoms with E-state index in [9.17, 15) is 0 Å². The van der Waals surface area contributed by atoms with Crippen LogP contribution in [0.25, 0.3) is 55.4 Å². The smallest absolute Gasteiger partial charge is 0.0973 e. The first-order chi connectivity index (χ1) is 18.4. The number of fused-ring (bicyclic) bond motifs is 6. The van der Waals surface area contributed by atoms with Crippen LogP contribution in [0.15, 0.2) is 109 Å². The predicted molar refractivity (Wildman–Crippen MR) is 159 cm³/mol. The molecule has 0 bridgehead atoms. The maximum atomic E-state index is 5.36. The van der Waals surface area contributed by atoms with Gasteiger partial charge in [-0.15, -0.1) is 0 Å². The van der Waals surface area contributed by atoms with Crippen molar-refractivity contribution in [2.75, 3.05) is 0 Å². The van der Waals surface area contributed by atoms with Crippen molar-refractivity contribution in [3.05, 3.63) is 120 Å². The highest BCUT2D eigenvalue weighted by Crippen LogP contribution is 2.54. The highest BCUT2D eigenvalue weighted by Gasteiger charge is 2.45. The number of rotatable bonds is 2. The molecule has 0 amide bonds. The zero-order chi connectivity index (χ0) is 26.1. The van der Waals surface area contributed by atoms with E-state index in [1.165, 1.54) is 27.6 Å². The standard InChI is InChI=1S/C36H30N2/c1-35(2)29-17-11-10-16-27(29)28-22-25(18-20-30(28)36(35,3)4)33-32(24-13-6-5-7-14-24)37-31-21-19-23-12-8-9-15-26(23)34(31)38-33/h5-22H,1-4H3. The van der Waals surface area contributed by atoms with Crippen LogP contribution in [0.3, 0.4) is 0 Å². The predicted octanol–water partition coefficient (Wildman–Crippen LogP) is 9.35. The fourth-order valence-electron chi connectivity index (χ4n) is 6.18. The van der Waals surface area contributed by atoms with Gasteiger partial charge in [-0.2, -0.15) is 0 Å². The second-order valence-corrected chi connectivity index (χ2v) is 11.5. The maximum absolute atomic E-state index is 5.36. The van der Waals surface area contributed by atoms with E-state index in [4.69, 9.17) is 9.97 Å². The summed E-state index contributed by atoms with van der Waals surface area (Å²) in [6.07, 6.45) is 0. The monoisotopic (exact) mass is 490 g/mol. The van der Waals surface area contributed by atoms with Gasteiger partial charge in [0.05, 0.1) is 22.4 Å². The van der Waals surface area contributed by atoms with Crippen LogP contribution in [-0.4, -0.2) is 9.97 Å². The molecule has 0 saturated heterocycles. The molecular formula is C36H30N2. The van der Waals surface area contributed by atoms with Crippen LogP contribution in [-0.2, 0) is 10.8 Å². The Hall–Kier alpha value is -4.30. The van der Waals surface area contributed by atoms with Crippen LogP contribution in [0.5, 0.6) is 0 Å². The number of aromatic nitrogens is 2. The third-order valence-corrected chi connectivity index (χ3v) is 9.03. The van der Waals surface area contributed by atoms with Gasteiger partial charge in [0, 0.05) is 16.5 Å². The van der Waals surface area contributed by atoms with Crippen molar-refractivity contribution in [3.63, 3.8) is 0 Å². The van der Waals surface area contributed by atoms with Gasteiger partial charge in [0.25, 0.3) is 0 Å². The topological polar surface area (TPSA) is 25.8 Å². The highest BCUT2D eigenvalue weighted by molar-refractivity contribution is 6.05. The largest absolute Gasteiger partial charge is 0.244 e. The Morgan fingerprint density at radius 1 is 0.500 bits per heavy atom. The fourth-order valence-corrected chi connectivity index (χ4v) is 6.18. The molecule has 7 rings (SSSR count). The van der Waals surface area contributed by atoms with Crippen LogP contribution >= 0.6 is 0 Å². The van der Waals surface area contributed by atoms with Gasteiger partial charge in [0.15, 0.2) is 0 Å². The SMILES string of the molecule is CC1(C)c2ccccc2-c2cc(-c3nc4c(ccc5ccccc54)nc3-c3ccccc3)ccc2C1(C)C. The summed E-state index contributed by atoms with van der Waals surface area (Å²) in [6, 6.07) is 38.9. The second kappa shape index (κ2) is 8.10. The first-order valence-corrected chi connectivity index (χ1v) is 13.4. The Bertz CT molecular complexity index is 1860. The number of benzene rings is 5. The molecule has 6 aromatic rings. The number of hydrogen-bond acceptors (Lipinski definition) is 2. The Balaban J connectivity index is 1.54. The molecule has 0 N–H and O–H groups in total. The summed E-state index contributed by atoms with van der Waals surface area (Å²) < 4.78 is 0. The molecule has 1 aliphatic rings. The van der Waals surface area contributed by atoms with Crippen molar-refractivity contribution in [1.82, 2.24) is 9.97 Å². The average Bonchev–Trinajstić information content (AvgIpc) is 2.96. The molecule has 1 heterocycles. The Morgan fingerprint density at radius 3 is 1.97 bits per heavy atom. The van der Waals surface area contributed by atoms with Gasteiger partial charge < -0.3 is 0 Å². The van der Waals surface area contributed by atoms with Crippen LogP contribution in [0, 0.1) is 0 Å². The summed E-state index contributed by atoms with van der Waals surface area (Å²) in [4.78, 5) is 10.6. The lowest BCUT2D eigenvalue weighted by molar-refractivity contribution is 0.299. The highest BCUT2D eigenvalue weighted by atomic mass is 14.8. The quantitative estimate of drug-likeness (QED) is 0.226. The second-order valence-electron chi connectivity index (χ2n) is 11.5. The lowest BCUT2D eigenvalue weighted by atomic mass is 9.55. The van der Waals surface area contributed by atoms with Gasteiger partial charge in [-0.3, -0.25) is 0 Å². The number of nitrogens with zero attached hydrogens (tertiary/aromatic N) is 2. The molecule has 0 radical (unpaired) electrons. The number of hydrogen-bond donors (Lipinski definition) is 0. The van der Waals surface area contributed by atoms with E-state index in [1.54, 1.807) is 0 Å². The molecule has 5 aromatic carbocycles. The minimum absolute atomic E-state index is 0.00891. The van der Waals surface area contributed by atoms with E-state index in [0.29, 0.717) is 0 Å². The zero-order valence-corrected chi connectivity index (χ0v) is 22.3. The van der Waals surface area contributed by atoms with E-state index < -0.39 is 0 Å². The van der Waals surface area contributed by atoms with Gasteiger partial charge in [-0.05, 0) is 50.6 Å². The molecule has 0 saturated carbocycles. The molecule has 0 aliphatic heterocycles. The van der Waals surface area contributed by atoms with Crippen LogP contribution in [0.4, 0.5) is 0 Å². The average molecular weight is 491 g/mol. The van der Waals surface area contributed by atoms with Crippen molar-refractivity contribution in [3.8, 4) is 33.6 Å². The van der Waals surface area contributed by atoms with Gasteiger partial charge >= 0.3 is 0 Å². The molecule has 1 aliphatic carbocycles. The molecule has 0 atom stereocenters. The summed E-state index contributed by atoms with van der Waals surface area (Å²) in [5, 5.41) is 2.31. The minimum atomic E-state index is -0.0251. The van der Waals surface area contributed by atoms with E-state index in [1.807, 2.05) is 6.07 Å². The molecule has 2 heteroatoms. The van der Waals surface area contributed by atoms with E-state index >= 15 is 0 Å². The summed E-state index contributed by atoms with van der Waals surface area (Å²) >= 11 is 0. The van der Waals surface area contributed by atoms with E-state index in [2.05, 4.69) is 131 Å². The lowest BCUT2D eigenvalue weighted by Gasteiger charge is -2.48. The first-order valence-electron chi connectivity index (χ1n) is 13.4. The van der Waals surface area contributed by atoms with Crippen LogP contribution in [0.2, 0.25) is 0 Å². The minimum Gasteiger partial charge on any atom is -0.244 e. The van der Waals surface area contributed by atoms with Crippen molar-refractivity contribution in [2.45, 2.75) is 38.5 Å². The lowest BCUT2D eigenvalue weighted by Crippen LogP contribution is -2.43.